The highest BCUT2D eigenvalue weighted by molar-refractivity contribution is 7.92. The monoisotopic (exact) mass is 586 g/mol. The molecule has 0 unspecified atom stereocenters. The van der Waals surface area contributed by atoms with E-state index in [4.69, 9.17) is 21.4 Å². The molecular weight excluding hydrogens is 552 g/mol. The van der Waals surface area contributed by atoms with Gasteiger partial charge >= 0.3 is 0 Å². The molecule has 1 amide bonds. The maximum atomic E-state index is 13.8. The molecule has 3 aromatic rings. The van der Waals surface area contributed by atoms with E-state index in [0.717, 1.165) is 42.5 Å². The van der Waals surface area contributed by atoms with Crippen LogP contribution in [0.5, 0.6) is 0 Å². The highest BCUT2D eigenvalue weighted by Gasteiger charge is 2.44. The van der Waals surface area contributed by atoms with E-state index in [9.17, 15) is 13.2 Å². The molecule has 0 atom stereocenters. The summed E-state index contributed by atoms with van der Waals surface area (Å²) in [5.41, 5.74) is 4.15. The molecule has 214 valence electrons. The number of piperidine rings is 1. The minimum atomic E-state index is -3.71. The van der Waals surface area contributed by atoms with Crippen LogP contribution in [0.4, 0.5) is 17.1 Å². The Bertz CT molecular complexity index is 1590. The third-order valence-electron chi connectivity index (χ3n) is 8.49. The van der Waals surface area contributed by atoms with Crippen molar-refractivity contribution in [3.05, 3.63) is 52.7 Å². The number of carbonyl (C=O) groups excluding carboxylic acids is 1. The van der Waals surface area contributed by atoms with E-state index in [-0.39, 0.29) is 11.5 Å². The molecule has 3 heterocycles. The van der Waals surface area contributed by atoms with Crippen LogP contribution in [-0.2, 0) is 27.9 Å². The fraction of sp³-hybridized carbons (Fsp3) is 0.483. The molecule has 0 bridgehead atoms. The van der Waals surface area contributed by atoms with Crippen LogP contribution in [0.2, 0.25) is 5.02 Å². The standard InChI is InChI=1S/C29H35ClN4O5S/c1-28(2)18-34-20(17-39-28)16-22-24(6-5-23(30)26(22)34)31-27(36)21-4-3-19(32-40(37,38)14-13-35)15-25(21)33-11-9-29(7-8-29)10-12-33/h3-6,15-16,32,35H,7-14,17-18H2,1-2H3,(H,31,36). The topological polar surface area (TPSA) is 113 Å². The number of hydrogen-bond acceptors (Lipinski definition) is 6. The summed E-state index contributed by atoms with van der Waals surface area (Å²) in [6.45, 7) is 6.33. The highest BCUT2D eigenvalue weighted by Crippen LogP contribution is 2.54. The van der Waals surface area contributed by atoms with Crippen molar-refractivity contribution in [3.8, 4) is 0 Å². The molecule has 3 N–H and O–H groups in total. The maximum absolute atomic E-state index is 13.8. The molecule has 11 heteroatoms. The van der Waals surface area contributed by atoms with Gasteiger partial charge in [0, 0.05) is 24.2 Å². The van der Waals surface area contributed by atoms with Gasteiger partial charge in [-0.3, -0.25) is 9.52 Å². The normalized spacial score (nSPS) is 19.4. The van der Waals surface area contributed by atoms with Crippen LogP contribution in [0.1, 0.15) is 55.6 Å². The third kappa shape index (κ3) is 5.30. The van der Waals surface area contributed by atoms with Crippen molar-refractivity contribution >= 4 is 55.5 Å². The number of amides is 1. The van der Waals surface area contributed by atoms with Crippen molar-refractivity contribution in [2.75, 3.05) is 40.4 Å². The van der Waals surface area contributed by atoms with Gasteiger partial charge in [0.1, 0.15) is 0 Å². The molecule has 2 fully saturated rings. The molecule has 6 rings (SSSR count). The minimum absolute atomic E-state index is 0.282. The van der Waals surface area contributed by atoms with Crippen LogP contribution in [-0.4, -0.2) is 55.0 Å². The molecule has 0 radical (unpaired) electrons. The minimum Gasteiger partial charge on any atom is -0.395 e. The fourth-order valence-corrected chi connectivity index (χ4v) is 7.08. The molecule has 1 spiro atoms. The number of anilines is 3. The van der Waals surface area contributed by atoms with E-state index >= 15 is 0 Å². The van der Waals surface area contributed by atoms with Gasteiger partial charge in [-0.1, -0.05) is 11.6 Å². The van der Waals surface area contributed by atoms with Gasteiger partial charge in [0.25, 0.3) is 5.91 Å². The summed E-state index contributed by atoms with van der Waals surface area (Å²) in [5.74, 6) is -0.677. The average Bonchev–Trinajstić information content (AvgIpc) is 3.54. The Labute approximate surface area is 239 Å². The summed E-state index contributed by atoms with van der Waals surface area (Å²) in [4.78, 5) is 16.0. The molecule has 2 aromatic carbocycles. The van der Waals surface area contributed by atoms with Crippen LogP contribution < -0.4 is 14.9 Å². The summed E-state index contributed by atoms with van der Waals surface area (Å²) >= 11 is 6.65. The number of aliphatic hydroxyl groups is 1. The van der Waals surface area contributed by atoms with E-state index in [1.54, 1.807) is 24.3 Å². The van der Waals surface area contributed by atoms with Gasteiger partial charge in [-0.05, 0) is 81.3 Å². The Morgan fingerprint density at radius 3 is 2.55 bits per heavy atom. The van der Waals surface area contributed by atoms with Crippen LogP contribution in [0, 0.1) is 5.41 Å². The van der Waals surface area contributed by atoms with Crippen LogP contribution >= 0.6 is 11.6 Å². The van der Waals surface area contributed by atoms with Gasteiger partial charge in [0.2, 0.25) is 10.0 Å². The quantitative estimate of drug-likeness (QED) is 0.360. The van der Waals surface area contributed by atoms with E-state index in [1.807, 2.05) is 26.0 Å². The largest absolute Gasteiger partial charge is 0.395 e. The number of nitrogens with one attached hydrogen (secondary N) is 2. The van der Waals surface area contributed by atoms with Gasteiger partial charge in [0.05, 0.1) is 64.3 Å². The Kier molecular flexibility index (Phi) is 6.80. The van der Waals surface area contributed by atoms with Crippen molar-refractivity contribution in [1.82, 2.24) is 4.57 Å². The number of aromatic nitrogens is 1. The number of hydrogen-bond donors (Lipinski definition) is 3. The van der Waals surface area contributed by atoms with Crippen molar-refractivity contribution in [3.63, 3.8) is 0 Å². The lowest BCUT2D eigenvalue weighted by Crippen LogP contribution is -2.35. The lowest BCUT2D eigenvalue weighted by atomic mass is 9.93. The maximum Gasteiger partial charge on any atom is 0.257 e. The number of aliphatic hydroxyl groups excluding tert-OH is 1. The second-order valence-electron chi connectivity index (χ2n) is 11.9. The second-order valence-corrected chi connectivity index (χ2v) is 14.2. The second kappa shape index (κ2) is 9.94. The van der Waals surface area contributed by atoms with E-state index in [1.165, 1.54) is 12.8 Å². The molecular formula is C29H35ClN4O5S. The van der Waals surface area contributed by atoms with E-state index < -0.39 is 22.4 Å². The zero-order chi connectivity index (χ0) is 28.3. The zero-order valence-corrected chi connectivity index (χ0v) is 24.4. The summed E-state index contributed by atoms with van der Waals surface area (Å²) in [6.07, 6.45) is 4.62. The van der Waals surface area contributed by atoms with Crippen LogP contribution in [0.25, 0.3) is 10.9 Å². The summed E-state index contributed by atoms with van der Waals surface area (Å²) in [6, 6.07) is 10.6. The number of ether oxygens (including phenoxy) is 1. The Balaban J connectivity index is 1.34. The zero-order valence-electron chi connectivity index (χ0n) is 22.8. The number of rotatable bonds is 7. The number of nitrogens with zero attached hydrogens (tertiary/aromatic N) is 2. The van der Waals surface area contributed by atoms with Crippen molar-refractivity contribution < 1.29 is 23.1 Å². The molecule has 1 saturated carbocycles. The first-order valence-corrected chi connectivity index (χ1v) is 15.8. The van der Waals surface area contributed by atoms with Gasteiger partial charge in [-0.2, -0.15) is 0 Å². The van der Waals surface area contributed by atoms with Gasteiger partial charge < -0.3 is 24.6 Å². The van der Waals surface area contributed by atoms with Gasteiger partial charge in [0.15, 0.2) is 0 Å². The summed E-state index contributed by atoms with van der Waals surface area (Å²) in [5, 5.41) is 13.7. The SMILES string of the molecule is CC1(C)Cn2c(cc3c(NC(=O)c4ccc(NS(=O)(=O)CCO)cc4N4CCC5(CC4)CC5)ccc(Cl)c32)CO1. The molecule has 2 aliphatic heterocycles. The first-order chi connectivity index (χ1) is 19.0. The van der Waals surface area contributed by atoms with Crippen LogP contribution in [0.15, 0.2) is 36.4 Å². The number of sulfonamides is 1. The molecule has 9 nitrogen and oxygen atoms in total. The number of fused-ring (bicyclic) bond motifs is 3. The molecule has 1 aliphatic carbocycles. The van der Waals surface area contributed by atoms with E-state index in [0.29, 0.717) is 46.2 Å². The number of benzene rings is 2. The Morgan fingerprint density at radius 1 is 1.10 bits per heavy atom. The van der Waals surface area contributed by atoms with Crippen molar-refractivity contribution in [2.45, 2.75) is 58.3 Å². The number of carbonyl (C=O) groups is 1. The predicted molar refractivity (Wildman–Crippen MR) is 158 cm³/mol. The van der Waals surface area contributed by atoms with Gasteiger partial charge in [-0.15, -0.1) is 0 Å². The summed E-state index contributed by atoms with van der Waals surface area (Å²) < 4.78 is 35.4. The van der Waals surface area contributed by atoms with Crippen molar-refractivity contribution in [1.29, 1.82) is 0 Å². The first-order valence-electron chi connectivity index (χ1n) is 13.7. The van der Waals surface area contributed by atoms with Crippen LogP contribution in [0.3, 0.4) is 0 Å². The van der Waals surface area contributed by atoms with Crippen molar-refractivity contribution in [2.24, 2.45) is 5.41 Å². The smallest absolute Gasteiger partial charge is 0.257 e. The van der Waals surface area contributed by atoms with E-state index in [2.05, 4.69) is 19.5 Å². The van der Waals surface area contributed by atoms with Gasteiger partial charge in [-0.25, -0.2) is 8.42 Å². The summed E-state index contributed by atoms with van der Waals surface area (Å²) in [7, 11) is -3.71. The Hall–Kier alpha value is -2.79. The predicted octanol–water partition coefficient (Wildman–Crippen LogP) is 4.97. The molecule has 1 saturated heterocycles. The molecule has 1 aromatic heterocycles. The lowest BCUT2D eigenvalue weighted by Gasteiger charge is -2.35. The molecule has 40 heavy (non-hydrogen) atoms. The average molecular weight is 587 g/mol. The fourth-order valence-electron chi connectivity index (χ4n) is 5.98. The third-order valence-corrected chi connectivity index (χ3v) is 10.1. The first kappa shape index (κ1) is 27.4. The number of halogens is 1. The Morgan fingerprint density at radius 2 is 1.85 bits per heavy atom. The highest BCUT2D eigenvalue weighted by atomic mass is 35.5. The molecule has 3 aliphatic rings. The lowest BCUT2D eigenvalue weighted by molar-refractivity contribution is -0.0613.